The minimum atomic E-state index is -4.44. The number of piperidine rings is 1. The van der Waals surface area contributed by atoms with E-state index in [4.69, 9.17) is 9.47 Å². The maximum Gasteiger partial charge on any atom is 0.416 e. The number of hydrogen-bond acceptors (Lipinski definition) is 7. The number of ether oxygens (including phenoxy) is 2. The van der Waals surface area contributed by atoms with Crippen molar-refractivity contribution < 1.29 is 37.3 Å². The lowest BCUT2D eigenvalue weighted by Gasteiger charge is -2.40. The second-order valence-corrected chi connectivity index (χ2v) is 11.5. The lowest BCUT2D eigenvalue weighted by molar-refractivity contribution is -0.137. The van der Waals surface area contributed by atoms with Gasteiger partial charge in [0, 0.05) is 25.0 Å². The molecule has 2 aromatic carbocycles. The highest BCUT2D eigenvalue weighted by Gasteiger charge is 2.60. The molecule has 1 saturated heterocycles. The molecule has 2 aromatic rings. The number of aliphatic imine (C=N–C) groups is 1. The van der Waals surface area contributed by atoms with Gasteiger partial charge in [0.25, 0.3) is 0 Å². The number of fused-ring (bicyclic) bond motifs is 2. The van der Waals surface area contributed by atoms with E-state index in [0.717, 1.165) is 49.8 Å². The summed E-state index contributed by atoms with van der Waals surface area (Å²) < 4.78 is 49.3. The van der Waals surface area contributed by atoms with Crippen LogP contribution in [0.1, 0.15) is 42.4 Å². The third kappa shape index (κ3) is 5.83. The smallest absolute Gasteiger partial charge is 0.416 e. The van der Waals surface area contributed by atoms with Crippen molar-refractivity contribution in [2.75, 3.05) is 26.4 Å². The van der Waals surface area contributed by atoms with Crippen LogP contribution < -0.4 is 14.8 Å². The minimum absolute atomic E-state index is 0.0541. The first-order chi connectivity index (χ1) is 19.6. The maximum absolute atomic E-state index is 12.8. The molecule has 0 radical (unpaired) electrons. The zero-order valence-electron chi connectivity index (χ0n) is 22.4. The standard InChI is InChI=1S/C30H32F3N3O5/c31-30(32,33)20-3-1-2-18(10-20)12-34-13-22(37)14-35-28(38)27-23-15-36(16-24(23)27)21-6-8-29(39,9-7-21)19-4-5-25-26(11-19)41-17-40-25/h1-5,10-11,13,21,23-24,27,39H,6-9,12,14-17H2,(H,35,38). The van der Waals surface area contributed by atoms with Gasteiger partial charge in [0.2, 0.25) is 12.7 Å². The van der Waals surface area contributed by atoms with Crippen molar-refractivity contribution in [1.82, 2.24) is 10.2 Å². The second-order valence-electron chi connectivity index (χ2n) is 11.5. The predicted molar refractivity (Wildman–Crippen MR) is 142 cm³/mol. The van der Waals surface area contributed by atoms with Crippen molar-refractivity contribution in [1.29, 1.82) is 0 Å². The van der Waals surface area contributed by atoms with Gasteiger partial charge < -0.3 is 19.9 Å². The van der Waals surface area contributed by atoms with Crippen molar-refractivity contribution >= 4 is 17.9 Å². The van der Waals surface area contributed by atoms with E-state index >= 15 is 0 Å². The Labute approximate surface area is 235 Å². The number of nitrogens with zero attached hydrogens (tertiary/aromatic N) is 2. The summed E-state index contributed by atoms with van der Waals surface area (Å²) in [4.78, 5) is 31.2. The van der Waals surface area contributed by atoms with Gasteiger partial charge in [-0.2, -0.15) is 13.2 Å². The van der Waals surface area contributed by atoms with Crippen molar-refractivity contribution in [3.63, 3.8) is 0 Å². The van der Waals surface area contributed by atoms with Crippen molar-refractivity contribution in [3.8, 4) is 11.5 Å². The number of likely N-dealkylation sites (tertiary alicyclic amines) is 1. The molecule has 4 aliphatic rings. The molecule has 2 saturated carbocycles. The molecule has 0 bridgehead atoms. The maximum atomic E-state index is 12.8. The Morgan fingerprint density at radius 1 is 1.07 bits per heavy atom. The summed E-state index contributed by atoms with van der Waals surface area (Å²) in [5, 5.41) is 14.0. The Morgan fingerprint density at radius 3 is 2.54 bits per heavy atom. The summed E-state index contributed by atoms with van der Waals surface area (Å²) in [6.07, 6.45) is -0.321. The van der Waals surface area contributed by atoms with Gasteiger partial charge in [0.15, 0.2) is 17.3 Å². The van der Waals surface area contributed by atoms with E-state index < -0.39 is 23.1 Å². The molecule has 2 atom stereocenters. The van der Waals surface area contributed by atoms with Gasteiger partial charge in [0.1, 0.15) is 0 Å². The van der Waals surface area contributed by atoms with E-state index in [-0.39, 0.29) is 43.5 Å². The Bertz CT molecular complexity index is 1340. The molecular formula is C30H32F3N3O5. The molecule has 2 heterocycles. The summed E-state index contributed by atoms with van der Waals surface area (Å²) in [5.41, 5.74) is -0.440. The second kappa shape index (κ2) is 10.8. The highest BCUT2D eigenvalue weighted by Crippen LogP contribution is 2.53. The molecule has 2 aliphatic carbocycles. The number of Topliss-reactive ketones (excluding diaryl/α,β-unsaturated/α-hetero) is 1. The van der Waals surface area contributed by atoms with Gasteiger partial charge in [-0.1, -0.05) is 18.2 Å². The van der Waals surface area contributed by atoms with E-state index in [1.54, 1.807) is 0 Å². The minimum Gasteiger partial charge on any atom is -0.454 e. The Morgan fingerprint density at radius 2 is 1.80 bits per heavy atom. The molecule has 2 unspecified atom stereocenters. The van der Waals surface area contributed by atoms with Crippen LogP contribution in [0, 0.1) is 17.8 Å². The van der Waals surface area contributed by atoms with Crippen LogP contribution in [0.25, 0.3) is 0 Å². The zero-order valence-corrected chi connectivity index (χ0v) is 22.4. The zero-order chi connectivity index (χ0) is 28.8. The summed E-state index contributed by atoms with van der Waals surface area (Å²) in [6.45, 7) is 1.63. The number of carbonyl (C=O) groups is 2. The molecule has 218 valence electrons. The number of rotatable bonds is 8. The molecule has 3 fully saturated rings. The van der Waals surface area contributed by atoms with Gasteiger partial charge in [-0.3, -0.25) is 19.5 Å². The predicted octanol–water partition coefficient (Wildman–Crippen LogP) is 3.70. The average molecular weight is 572 g/mol. The number of nitrogens with one attached hydrogen (secondary N) is 1. The number of aliphatic hydroxyl groups is 1. The monoisotopic (exact) mass is 571 g/mol. The Kier molecular flexibility index (Phi) is 7.27. The van der Waals surface area contributed by atoms with E-state index in [9.17, 15) is 27.9 Å². The Hall–Kier alpha value is -3.44. The highest BCUT2D eigenvalue weighted by atomic mass is 19.4. The lowest BCUT2D eigenvalue weighted by Crippen LogP contribution is -2.43. The first kappa shape index (κ1) is 27.7. The van der Waals surface area contributed by atoms with Crippen LogP contribution in [0.5, 0.6) is 11.5 Å². The third-order valence-corrected chi connectivity index (χ3v) is 8.93. The highest BCUT2D eigenvalue weighted by molar-refractivity contribution is 6.28. The van der Waals surface area contributed by atoms with Crippen LogP contribution in [0.15, 0.2) is 47.5 Å². The van der Waals surface area contributed by atoms with Crippen LogP contribution in [0.3, 0.4) is 0 Å². The number of halogens is 3. The summed E-state index contributed by atoms with van der Waals surface area (Å²) >= 11 is 0. The molecule has 2 N–H and O–H groups in total. The number of ketones is 1. The molecule has 2 aliphatic heterocycles. The van der Waals surface area contributed by atoms with Gasteiger partial charge >= 0.3 is 6.18 Å². The number of carbonyl (C=O) groups excluding carboxylic acids is 2. The number of hydrogen-bond donors (Lipinski definition) is 2. The fraction of sp³-hybridized carbons (Fsp3) is 0.500. The molecule has 6 rings (SSSR count). The van der Waals surface area contributed by atoms with Gasteiger partial charge in [-0.25, -0.2) is 0 Å². The SMILES string of the molecule is O=C(C=NCc1cccc(C(F)(F)F)c1)CNC(=O)C1C2CN(C3CCC(O)(c4ccc5c(c4)OCO5)CC3)CC21. The lowest BCUT2D eigenvalue weighted by atomic mass is 9.77. The number of alkyl halides is 3. The van der Waals surface area contributed by atoms with E-state index in [1.165, 1.54) is 12.1 Å². The summed E-state index contributed by atoms with van der Waals surface area (Å²) in [7, 11) is 0. The van der Waals surface area contributed by atoms with Crippen LogP contribution in [-0.2, 0) is 27.9 Å². The molecule has 8 nitrogen and oxygen atoms in total. The van der Waals surface area contributed by atoms with Gasteiger partial charge in [-0.15, -0.1) is 0 Å². The normalized spacial score (nSPS) is 29.0. The van der Waals surface area contributed by atoms with Crippen LogP contribution in [-0.4, -0.2) is 60.4 Å². The quantitative estimate of drug-likeness (QED) is 0.469. The molecule has 11 heteroatoms. The molecule has 41 heavy (non-hydrogen) atoms. The van der Waals surface area contributed by atoms with Crippen LogP contribution in [0.2, 0.25) is 0 Å². The molecule has 0 aromatic heterocycles. The summed E-state index contributed by atoms with van der Waals surface area (Å²) in [5.74, 6) is 1.27. The molecule has 1 amide bonds. The van der Waals surface area contributed by atoms with E-state index in [0.29, 0.717) is 35.9 Å². The molecular weight excluding hydrogens is 539 g/mol. The van der Waals surface area contributed by atoms with Crippen molar-refractivity contribution in [2.24, 2.45) is 22.7 Å². The fourth-order valence-corrected chi connectivity index (χ4v) is 6.60. The van der Waals surface area contributed by atoms with E-state index in [1.807, 2.05) is 18.2 Å². The summed E-state index contributed by atoms with van der Waals surface area (Å²) in [6, 6.07) is 10.8. The number of benzene rings is 2. The number of amides is 1. The first-order valence-corrected chi connectivity index (χ1v) is 13.9. The van der Waals surface area contributed by atoms with Crippen molar-refractivity contribution in [2.45, 2.75) is 50.0 Å². The average Bonchev–Trinajstić information content (AvgIpc) is 3.27. The van der Waals surface area contributed by atoms with Gasteiger partial charge in [-0.05, 0) is 72.9 Å². The topological polar surface area (TPSA) is 100 Å². The Balaban J connectivity index is 0.917. The van der Waals surface area contributed by atoms with Gasteiger partial charge in [0.05, 0.1) is 30.5 Å². The third-order valence-electron chi connectivity index (χ3n) is 8.93. The van der Waals surface area contributed by atoms with E-state index in [2.05, 4.69) is 15.2 Å². The largest absolute Gasteiger partial charge is 0.454 e. The van der Waals surface area contributed by atoms with Crippen LogP contribution >= 0.6 is 0 Å². The van der Waals surface area contributed by atoms with Crippen LogP contribution in [0.4, 0.5) is 13.2 Å². The molecule has 0 spiro atoms. The van der Waals surface area contributed by atoms with Crippen molar-refractivity contribution in [3.05, 3.63) is 59.2 Å². The first-order valence-electron chi connectivity index (χ1n) is 13.9. The fourth-order valence-electron chi connectivity index (χ4n) is 6.60.